The van der Waals surface area contributed by atoms with Crippen molar-refractivity contribution in [2.45, 2.75) is 19.8 Å². The molecular weight excluding hydrogens is 166 g/mol. The lowest BCUT2D eigenvalue weighted by molar-refractivity contribution is 0.0360. The molecule has 13 heavy (non-hydrogen) atoms. The molecule has 0 aromatic carbocycles. The van der Waals surface area contributed by atoms with Crippen LogP contribution in [0.4, 0.5) is 0 Å². The quantitative estimate of drug-likeness (QED) is 0.604. The van der Waals surface area contributed by atoms with Crippen LogP contribution in [0.25, 0.3) is 0 Å². The molecule has 1 rings (SSSR count). The van der Waals surface area contributed by atoms with Gasteiger partial charge in [0.05, 0.1) is 19.8 Å². The van der Waals surface area contributed by atoms with Crippen molar-refractivity contribution in [1.29, 1.82) is 0 Å². The van der Waals surface area contributed by atoms with Crippen molar-refractivity contribution in [2.24, 2.45) is 5.92 Å². The standard InChI is InChI=1S/C10H21NO2/c1-2-5-12-6-7-13-9-10-3-4-11-8-10/h10-11H,2-9H2,1H3. The van der Waals surface area contributed by atoms with Crippen LogP contribution in [-0.4, -0.2) is 39.5 Å². The number of ether oxygens (including phenoxy) is 2. The molecule has 0 bridgehead atoms. The third-order valence-electron chi connectivity index (χ3n) is 2.24. The molecule has 1 saturated heterocycles. The Hall–Kier alpha value is -0.120. The van der Waals surface area contributed by atoms with Gasteiger partial charge in [0.2, 0.25) is 0 Å². The van der Waals surface area contributed by atoms with Gasteiger partial charge in [0.15, 0.2) is 0 Å². The van der Waals surface area contributed by atoms with Crippen molar-refractivity contribution < 1.29 is 9.47 Å². The number of rotatable bonds is 7. The molecule has 0 spiro atoms. The normalized spacial score (nSPS) is 22.4. The molecule has 0 aromatic rings. The summed E-state index contributed by atoms with van der Waals surface area (Å²) in [6.45, 7) is 7.63. The van der Waals surface area contributed by atoms with Crippen LogP contribution in [0.2, 0.25) is 0 Å². The lowest BCUT2D eigenvalue weighted by Crippen LogP contribution is -2.15. The van der Waals surface area contributed by atoms with Gasteiger partial charge >= 0.3 is 0 Å². The monoisotopic (exact) mass is 187 g/mol. The molecular formula is C10H21NO2. The van der Waals surface area contributed by atoms with Gasteiger partial charge in [-0.1, -0.05) is 6.92 Å². The average molecular weight is 187 g/mol. The molecule has 1 aliphatic rings. The van der Waals surface area contributed by atoms with Gasteiger partial charge in [0, 0.05) is 13.2 Å². The Morgan fingerprint density at radius 3 is 2.77 bits per heavy atom. The summed E-state index contributed by atoms with van der Waals surface area (Å²) < 4.78 is 10.8. The highest BCUT2D eigenvalue weighted by molar-refractivity contribution is 4.69. The maximum atomic E-state index is 5.50. The van der Waals surface area contributed by atoms with E-state index in [1.807, 2.05) is 0 Å². The van der Waals surface area contributed by atoms with Crippen LogP contribution in [-0.2, 0) is 9.47 Å². The van der Waals surface area contributed by atoms with Gasteiger partial charge in [-0.15, -0.1) is 0 Å². The second-order valence-corrected chi connectivity index (χ2v) is 3.55. The smallest absolute Gasteiger partial charge is 0.0700 e. The van der Waals surface area contributed by atoms with E-state index in [0.717, 1.165) is 51.9 Å². The third kappa shape index (κ3) is 5.24. The summed E-state index contributed by atoms with van der Waals surface area (Å²) in [5, 5.41) is 3.32. The minimum Gasteiger partial charge on any atom is -0.379 e. The molecule has 0 amide bonds. The fraction of sp³-hybridized carbons (Fsp3) is 1.00. The number of nitrogens with one attached hydrogen (secondary N) is 1. The second-order valence-electron chi connectivity index (χ2n) is 3.55. The van der Waals surface area contributed by atoms with Crippen LogP contribution in [0.15, 0.2) is 0 Å². The zero-order valence-electron chi connectivity index (χ0n) is 8.55. The van der Waals surface area contributed by atoms with E-state index in [4.69, 9.17) is 9.47 Å². The molecule has 3 nitrogen and oxygen atoms in total. The van der Waals surface area contributed by atoms with E-state index in [1.165, 1.54) is 6.42 Å². The lowest BCUT2D eigenvalue weighted by atomic mass is 10.1. The fourth-order valence-corrected chi connectivity index (χ4v) is 1.47. The van der Waals surface area contributed by atoms with Crippen LogP contribution in [0, 0.1) is 5.92 Å². The highest BCUT2D eigenvalue weighted by Gasteiger charge is 2.13. The van der Waals surface area contributed by atoms with Crippen molar-refractivity contribution in [3.8, 4) is 0 Å². The van der Waals surface area contributed by atoms with E-state index in [1.54, 1.807) is 0 Å². The van der Waals surface area contributed by atoms with Crippen molar-refractivity contribution >= 4 is 0 Å². The molecule has 0 radical (unpaired) electrons. The minimum absolute atomic E-state index is 0.728. The van der Waals surface area contributed by atoms with E-state index in [-0.39, 0.29) is 0 Å². The second kappa shape index (κ2) is 7.30. The van der Waals surface area contributed by atoms with Crippen molar-refractivity contribution in [3.63, 3.8) is 0 Å². The van der Waals surface area contributed by atoms with Crippen LogP contribution >= 0.6 is 0 Å². The summed E-state index contributed by atoms with van der Waals surface area (Å²) in [4.78, 5) is 0. The molecule has 1 aliphatic heterocycles. The first kappa shape index (κ1) is 11.0. The maximum absolute atomic E-state index is 5.50. The van der Waals surface area contributed by atoms with E-state index in [9.17, 15) is 0 Å². The molecule has 1 fully saturated rings. The highest BCUT2D eigenvalue weighted by Crippen LogP contribution is 2.06. The van der Waals surface area contributed by atoms with Crippen molar-refractivity contribution in [1.82, 2.24) is 5.32 Å². The lowest BCUT2D eigenvalue weighted by Gasteiger charge is -2.09. The van der Waals surface area contributed by atoms with Crippen molar-refractivity contribution in [2.75, 3.05) is 39.5 Å². The topological polar surface area (TPSA) is 30.5 Å². The van der Waals surface area contributed by atoms with E-state index >= 15 is 0 Å². The summed E-state index contributed by atoms with van der Waals surface area (Å²) >= 11 is 0. The molecule has 0 saturated carbocycles. The zero-order valence-corrected chi connectivity index (χ0v) is 8.55. The first-order valence-electron chi connectivity index (χ1n) is 5.29. The molecule has 78 valence electrons. The van der Waals surface area contributed by atoms with Gasteiger partial charge in [0.25, 0.3) is 0 Å². The Morgan fingerprint density at radius 2 is 2.08 bits per heavy atom. The van der Waals surface area contributed by atoms with E-state index < -0.39 is 0 Å². The molecule has 1 atom stereocenters. The number of hydrogen-bond acceptors (Lipinski definition) is 3. The van der Waals surface area contributed by atoms with Crippen LogP contribution in [0.5, 0.6) is 0 Å². The van der Waals surface area contributed by atoms with Gasteiger partial charge in [-0.2, -0.15) is 0 Å². The Kier molecular flexibility index (Phi) is 6.15. The first-order chi connectivity index (χ1) is 6.43. The summed E-state index contributed by atoms with van der Waals surface area (Å²) in [5.41, 5.74) is 0. The summed E-state index contributed by atoms with van der Waals surface area (Å²) in [7, 11) is 0. The largest absolute Gasteiger partial charge is 0.379 e. The molecule has 1 N–H and O–H groups in total. The zero-order chi connectivity index (χ0) is 9.36. The minimum atomic E-state index is 0.728. The Morgan fingerprint density at radius 1 is 1.23 bits per heavy atom. The molecule has 0 aliphatic carbocycles. The Bertz CT molecular complexity index is 113. The molecule has 0 aromatic heterocycles. The van der Waals surface area contributed by atoms with E-state index in [0.29, 0.717) is 0 Å². The predicted octanol–water partition coefficient (Wildman–Crippen LogP) is 1.04. The Labute approximate surface area is 80.8 Å². The SMILES string of the molecule is CCCOCCOCC1CCNC1. The number of hydrogen-bond donors (Lipinski definition) is 1. The molecule has 1 unspecified atom stereocenters. The first-order valence-corrected chi connectivity index (χ1v) is 5.29. The van der Waals surface area contributed by atoms with Gasteiger partial charge < -0.3 is 14.8 Å². The van der Waals surface area contributed by atoms with Gasteiger partial charge in [-0.3, -0.25) is 0 Å². The molecule has 1 heterocycles. The average Bonchev–Trinajstić information content (AvgIpc) is 2.63. The van der Waals surface area contributed by atoms with E-state index in [2.05, 4.69) is 12.2 Å². The summed E-state index contributed by atoms with van der Waals surface area (Å²) in [6, 6.07) is 0. The van der Waals surface area contributed by atoms with Gasteiger partial charge in [0.1, 0.15) is 0 Å². The fourth-order valence-electron chi connectivity index (χ4n) is 1.47. The van der Waals surface area contributed by atoms with Crippen LogP contribution < -0.4 is 5.32 Å². The maximum Gasteiger partial charge on any atom is 0.0700 e. The summed E-state index contributed by atoms with van der Waals surface area (Å²) in [5.74, 6) is 0.728. The predicted molar refractivity (Wildman–Crippen MR) is 52.9 cm³/mol. The molecule has 3 heteroatoms. The highest BCUT2D eigenvalue weighted by atomic mass is 16.5. The van der Waals surface area contributed by atoms with Gasteiger partial charge in [-0.25, -0.2) is 0 Å². The van der Waals surface area contributed by atoms with Crippen LogP contribution in [0.3, 0.4) is 0 Å². The van der Waals surface area contributed by atoms with Crippen LogP contribution in [0.1, 0.15) is 19.8 Å². The Balaban J connectivity index is 1.78. The summed E-state index contributed by atoms with van der Waals surface area (Å²) in [6.07, 6.45) is 2.35. The van der Waals surface area contributed by atoms with Gasteiger partial charge in [-0.05, 0) is 25.3 Å². The van der Waals surface area contributed by atoms with Crippen molar-refractivity contribution in [3.05, 3.63) is 0 Å². The third-order valence-corrected chi connectivity index (χ3v) is 2.24.